The Morgan fingerprint density at radius 1 is 1.27 bits per heavy atom. The van der Waals surface area contributed by atoms with Crippen molar-refractivity contribution < 1.29 is 9.47 Å². The Hall–Kier alpha value is -0.980. The van der Waals surface area contributed by atoms with Gasteiger partial charge in [-0.3, -0.25) is 4.90 Å². The van der Waals surface area contributed by atoms with Crippen molar-refractivity contribution in [3.63, 3.8) is 0 Å². The molecule has 0 aromatic carbocycles. The molecular formula is C16H28N4O2. The SMILES string of the molecule is CCc1nnc(CN2CCOC[C@@H]2[C@@H]2CCC[C@H]2OC)n1C. The van der Waals surface area contributed by atoms with E-state index in [-0.39, 0.29) is 0 Å². The van der Waals surface area contributed by atoms with Crippen LogP contribution in [-0.2, 0) is 29.5 Å². The van der Waals surface area contributed by atoms with Gasteiger partial charge < -0.3 is 14.0 Å². The normalized spacial score (nSPS) is 30.0. The Kier molecular flexibility index (Phi) is 5.10. The number of hydrogen-bond donors (Lipinski definition) is 0. The first-order valence-corrected chi connectivity index (χ1v) is 8.46. The molecule has 1 aliphatic carbocycles. The van der Waals surface area contributed by atoms with Crippen molar-refractivity contribution in [2.24, 2.45) is 13.0 Å². The predicted octanol–water partition coefficient (Wildman–Crippen LogP) is 1.39. The van der Waals surface area contributed by atoms with Crippen LogP contribution in [0.25, 0.3) is 0 Å². The van der Waals surface area contributed by atoms with Gasteiger partial charge in [-0.1, -0.05) is 13.3 Å². The van der Waals surface area contributed by atoms with Crippen LogP contribution < -0.4 is 0 Å². The summed E-state index contributed by atoms with van der Waals surface area (Å²) in [7, 11) is 3.91. The highest BCUT2D eigenvalue weighted by molar-refractivity contribution is 4.97. The second-order valence-electron chi connectivity index (χ2n) is 6.43. The fourth-order valence-corrected chi connectivity index (χ4v) is 3.96. The Bertz CT molecular complexity index is 490. The molecule has 2 aliphatic rings. The molecule has 6 nitrogen and oxygen atoms in total. The number of nitrogens with zero attached hydrogens (tertiary/aromatic N) is 4. The Morgan fingerprint density at radius 2 is 2.09 bits per heavy atom. The lowest BCUT2D eigenvalue weighted by molar-refractivity contribution is -0.0618. The zero-order valence-corrected chi connectivity index (χ0v) is 14.0. The molecule has 0 radical (unpaired) electrons. The average molecular weight is 308 g/mol. The van der Waals surface area contributed by atoms with E-state index >= 15 is 0 Å². The van der Waals surface area contributed by atoms with Gasteiger partial charge in [0.05, 0.1) is 25.9 Å². The average Bonchev–Trinajstić information content (AvgIpc) is 3.15. The van der Waals surface area contributed by atoms with Gasteiger partial charge in [0, 0.05) is 39.1 Å². The highest BCUT2D eigenvalue weighted by atomic mass is 16.5. The molecule has 3 rings (SSSR count). The number of aryl methyl sites for hydroxylation is 1. The van der Waals surface area contributed by atoms with Gasteiger partial charge in [-0.15, -0.1) is 10.2 Å². The molecule has 1 saturated heterocycles. The molecule has 22 heavy (non-hydrogen) atoms. The van der Waals surface area contributed by atoms with Crippen LogP contribution in [0.1, 0.15) is 37.8 Å². The molecule has 1 saturated carbocycles. The molecule has 0 spiro atoms. The minimum atomic E-state index is 0.375. The third-order valence-electron chi connectivity index (χ3n) is 5.30. The smallest absolute Gasteiger partial charge is 0.146 e. The molecule has 3 atom stereocenters. The van der Waals surface area contributed by atoms with Gasteiger partial charge in [0.1, 0.15) is 11.6 Å². The monoisotopic (exact) mass is 308 g/mol. The molecule has 2 fully saturated rings. The summed E-state index contributed by atoms with van der Waals surface area (Å²) < 4.78 is 13.6. The van der Waals surface area contributed by atoms with E-state index in [1.807, 2.05) is 7.11 Å². The number of methoxy groups -OCH3 is 1. The van der Waals surface area contributed by atoms with Crippen LogP contribution >= 0.6 is 0 Å². The van der Waals surface area contributed by atoms with Crippen molar-refractivity contribution in [1.82, 2.24) is 19.7 Å². The molecule has 1 aliphatic heterocycles. The van der Waals surface area contributed by atoms with E-state index in [9.17, 15) is 0 Å². The minimum absolute atomic E-state index is 0.375. The van der Waals surface area contributed by atoms with Crippen LogP contribution in [0, 0.1) is 5.92 Å². The van der Waals surface area contributed by atoms with Crippen LogP contribution in [0.4, 0.5) is 0 Å². The van der Waals surface area contributed by atoms with Gasteiger partial charge >= 0.3 is 0 Å². The molecule has 2 heterocycles. The van der Waals surface area contributed by atoms with E-state index in [1.165, 1.54) is 19.3 Å². The molecule has 124 valence electrons. The summed E-state index contributed by atoms with van der Waals surface area (Å²) in [6.45, 7) is 5.55. The number of rotatable bonds is 5. The van der Waals surface area contributed by atoms with Crippen molar-refractivity contribution >= 4 is 0 Å². The summed E-state index contributed by atoms with van der Waals surface area (Å²) in [5.41, 5.74) is 0. The van der Waals surface area contributed by atoms with E-state index in [0.29, 0.717) is 18.1 Å². The van der Waals surface area contributed by atoms with E-state index in [0.717, 1.165) is 44.4 Å². The molecule has 6 heteroatoms. The molecule has 0 N–H and O–H groups in total. The molecule has 0 bridgehead atoms. The summed E-state index contributed by atoms with van der Waals surface area (Å²) in [5.74, 6) is 2.68. The van der Waals surface area contributed by atoms with Crippen molar-refractivity contribution in [2.45, 2.75) is 51.3 Å². The van der Waals surface area contributed by atoms with Crippen LogP contribution in [0.15, 0.2) is 0 Å². The summed E-state index contributed by atoms with van der Waals surface area (Å²) in [6.07, 6.45) is 4.97. The summed E-state index contributed by atoms with van der Waals surface area (Å²) in [6, 6.07) is 0.433. The number of morpholine rings is 1. The second kappa shape index (κ2) is 7.06. The van der Waals surface area contributed by atoms with Gasteiger partial charge in [0.15, 0.2) is 0 Å². The third kappa shape index (κ3) is 3.05. The highest BCUT2D eigenvalue weighted by Gasteiger charge is 2.38. The van der Waals surface area contributed by atoms with Crippen LogP contribution in [0.5, 0.6) is 0 Å². The van der Waals surface area contributed by atoms with Gasteiger partial charge in [-0.05, 0) is 12.8 Å². The Balaban J connectivity index is 1.73. The first-order valence-electron chi connectivity index (χ1n) is 8.46. The zero-order valence-electron chi connectivity index (χ0n) is 14.0. The van der Waals surface area contributed by atoms with E-state index < -0.39 is 0 Å². The zero-order chi connectivity index (χ0) is 15.5. The largest absolute Gasteiger partial charge is 0.381 e. The molecule has 0 unspecified atom stereocenters. The molecule has 1 aromatic rings. The van der Waals surface area contributed by atoms with Crippen LogP contribution in [0.2, 0.25) is 0 Å². The van der Waals surface area contributed by atoms with E-state index in [2.05, 4.69) is 33.6 Å². The predicted molar refractivity (Wildman–Crippen MR) is 83.5 cm³/mol. The maximum atomic E-state index is 5.77. The van der Waals surface area contributed by atoms with Gasteiger partial charge in [-0.2, -0.15) is 0 Å². The first-order chi connectivity index (χ1) is 10.7. The van der Waals surface area contributed by atoms with Crippen molar-refractivity contribution in [2.75, 3.05) is 26.9 Å². The van der Waals surface area contributed by atoms with Gasteiger partial charge in [-0.25, -0.2) is 0 Å². The summed E-state index contributed by atoms with van der Waals surface area (Å²) in [4.78, 5) is 2.52. The maximum absolute atomic E-state index is 5.77. The fraction of sp³-hybridized carbons (Fsp3) is 0.875. The standard InChI is InChI=1S/C16H28N4O2/c1-4-15-17-18-16(19(15)2)10-20-8-9-22-11-13(20)12-6-5-7-14(12)21-3/h12-14H,4-11H2,1-3H3/t12-,13+,14+/m0/s1. The number of ether oxygens (including phenoxy) is 2. The minimum Gasteiger partial charge on any atom is -0.381 e. The number of hydrogen-bond acceptors (Lipinski definition) is 5. The Labute approximate surface area is 132 Å². The lowest BCUT2D eigenvalue weighted by Gasteiger charge is -2.40. The van der Waals surface area contributed by atoms with Crippen LogP contribution in [-0.4, -0.2) is 58.7 Å². The fourth-order valence-electron chi connectivity index (χ4n) is 3.96. The van der Waals surface area contributed by atoms with E-state index in [4.69, 9.17) is 9.47 Å². The van der Waals surface area contributed by atoms with Crippen molar-refractivity contribution in [3.05, 3.63) is 11.6 Å². The highest BCUT2D eigenvalue weighted by Crippen LogP contribution is 2.34. The first kappa shape index (κ1) is 15.9. The van der Waals surface area contributed by atoms with E-state index in [1.54, 1.807) is 0 Å². The number of aromatic nitrogens is 3. The third-order valence-corrected chi connectivity index (χ3v) is 5.30. The molecule has 0 amide bonds. The van der Waals surface area contributed by atoms with Gasteiger partial charge in [0.2, 0.25) is 0 Å². The topological polar surface area (TPSA) is 52.4 Å². The lowest BCUT2D eigenvalue weighted by Crippen LogP contribution is -2.51. The van der Waals surface area contributed by atoms with Crippen LogP contribution in [0.3, 0.4) is 0 Å². The molecule has 1 aromatic heterocycles. The van der Waals surface area contributed by atoms with Crippen molar-refractivity contribution in [3.8, 4) is 0 Å². The summed E-state index contributed by atoms with van der Waals surface area (Å²) >= 11 is 0. The van der Waals surface area contributed by atoms with Crippen molar-refractivity contribution in [1.29, 1.82) is 0 Å². The quantitative estimate of drug-likeness (QED) is 0.823. The lowest BCUT2D eigenvalue weighted by atomic mass is 9.94. The van der Waals surface area contributed by atoms with Gasteiger partial charge in [0.25, 0.3) is 0 Å². The Morgan fingerprint density at radius 3 is 2.82 bits per heavy atom. The second-order valence-corrected chi connectivity index (χ2v) is 6.43. The maximum Gasteiger partial charge on any atom is 0.146 e. The molecular weight excluding hydrogens is 280 g/mol. The summed E-state index contributed by atoms with van der Waals surface area (Å²) in [5, 5.41) is 8.66.